The summed E-state index contributed by atoms with van der Waals surface area (Å²) in [7, 11) is 3.51. The summed E-state index contributed by atoms with van der Waals surface area (Å²) in [5.41, 5.74) is 1.49. The van der Waals surface area contributed by atoms with Gasteiger partial charge in [-0.15, -0.1) is 0 Å². The van der Waals surface area contributed by atoms with Crippen LogP contribution in [0.5, 0.6) is 17.2 Å². The van der Waals surface area contributed by atoms with Crippen LogP contribution < -0.4 is 14.8 Å². The Hall–Kier alpha value is -2.07. The lowest BCUT2D eigenvalue weighted by molar-refractivity contribution is 0.393. The summed E-state index contributed by atoms with van der Waals surface area (Å²) in [6.45, 7) is 3.74. The molecule has 3 nitrogen and oxygen atoms in total. The summed E-state index contributed by atoms with van der Waals surface area (Å²) >= 11 is 0. The van der Waals surface area contributed by atoms with Crippen molar-refractivity contribution in [2.24, 2.45) is 0 Å². The number of ether oxygens (including phenoxy) is 2. The van der Waals surface area contributed by atoms with Crippen LogP contribution in [0.1, 0.15) is 24.1 Å². The van der Waals surface area contributed by atoms with Crippen molar-refractivity contribution in [1.29, 1.82) is 0 Å². The number of hydrogen-bond acceptors (Lipinski definition) is 3. The number of methoxy groups -OCH3 is 1. The maximum absolute atomic E-state index is 13.3. The molecule has 2 rings (SSSR count). The minimum atomic E-state index is -0.239. The summed E-state index contributed by atoms with van der Waals surface area (Å²) in [6, 6.07) is 10.4. The number of aryl methyl sites for hydroxylation is 1. The van der Waals surface area contributed by atoms with E-state index in [0.29, 0.717) is 17.1 Å². The van der Waals surface area contributed by atoms with Gasteiger partial charge in [-0.2, -0.15) is 0 Å². The maximum atomic E-state index is 13.3. The van der Waals surface area contributed by atoms with Crippen LogP contribution >= 0.6 is 0 Å². The maximum Gasteiger partial charge on any atom is 0.135 e. The molecule has 0 saturated heterocycles. The molecular weight excluding hydrogens is 269 g/mol. The quantitative estimate of drug-likeness (QED) is 0.894. The zero-order valence-electron chi connectivity index (χ0n) is 12.7. The molecular formula is C17H20FNO2. The first-order chi connectivity index (χ1) is 10.1. The first-order valence-corrected chi connectivity index (χ1v) is 6.85. The third-order valence-corrected chi connectivity index (χ3v) is 3.47. The number of nitrogens with one attached hydrogen (secondary N) is 1. The zero-order chi connectivity index (χ0) is 15.4. The van der Waals surface area contributed by atoms with E-state index >= 15 is 0 Å². The van der Waals surface area contributed by atoms with Crippen LogP contribution in [-0.4, -0.2) is 14.2 Å². The van der Waals surface area contributed by atoms with E-state index in [1.165, 1.54) is 6.07 Å². The van der Waals surface area contributed by atoms with E-state index in [1.54, 1.807) is 26.2 Å². The van der Waals surface area contributed by atoms with Gasteiger partial charge in [-0.1, -0.05) is 6.07 Å². The molecule has 1 unspecified atom stereocenters. The Morgan fingerprint density at radius 3 is 2.48 bits per heavy atom. The average Bonchev–Trinajstić information content (AvgIpc) is 2.50. The topological polar surface area (TPSA) is 30.5 Å². The molecule has 0 saturated carbocycles. The fourth-order valence-electron chi connectivity index (χ4n) is 2.17. The number of benzene rings is 2. The molecule has 0 spiro atoms. The van der Waals surface area contributed by atoms with Gasteiger partial charge in [0.2, 0.25) is 0 Å². The van der Waals surface area contributed by atoms with E-state index in [1.807, 2.05) is 32.2 Å². The molecule has 1 atom stereocenters. The third kappa shape index (κ3) is 3.34. The van der Waals surface area contributed by atoms with Crippen molar-refractivity contribution in [1.82, 2.24) is 5.32 Å². The molecule has 2 aromatic rings. The molecule has 0 aliphatic carbocycles. The van der Waals surface area contributed by atoms with Gasteiger partial charge in [-0.3, -0.25) is 0 Å². The second-order valence-corrected chi connectivity index (χ2v) is 4.90. The molecule has 0 aliphatic heterocycles. The van der Waals surface area contributed by atoms with Crippen molar-refractivity contribution >= 4 is 0 Å². The van der Waals surface area contributed by atoms with Gasteiger partial charge in [0.05, 0.1) is 12.7 Å². The Morgan fingerprint density at radius 2 is 1.86 bits per heavy atom. The van der Waals surface area contributed by atoms with Crippen LogP contribution in [-0.2, 0) is 0 Å². The molecule has 0 aromatic heterocycles. The number of rotatable bonds is 5. The molecule has 0 heterocycles. The van der Waals surface area contributed by atoms with Crippen LogP contribution in [0.25, 0.3) is 0 Å². The lowest BCUT2D eigenvalue weighted by Crippen LogP contribution is -2.14. The molecule has 4 heteroatoms. The van der Waals surface area contributed by atoms with Gasteiger partial charge >= 0.3 is 0 Å². The molecule has 0 aliphatic rings. The van der Waals surface area contributed by atoms with Crippen LogP contribution in [0.2, 0.25) is 0 Å². The summed E-state index contributed by atoms with van der Waals surface area (Å²) in [5.74, 6) is 1.82. The highest BCUT2D eigenvalue weighted by Crippen LogP contribution is 2.36. The van der Waals surface area contributed by atoms with Gasteiger partial charge in [0.15, 0.2) is 0 Å². The Bertz CT molecular complexity index is 628. The second kappa shape index (κ2) is 6.59. The molecule has 112 valence electrons. The fraction of sp³-hybridized carbons (Fsp3) is 0.294. The number of hydrogen-bond donors (Lipinski definition) is 1. The van der Waals surface area contributed by atoms with Crippen LogP contribution in [0.15, 0.2) is 36.4 Å². The van der Waals surface area contributed by atoms with Crippen molar-refractivity contribution < 1.29 is 13.9 Å². The number of halogens is 1. The third-order valence-electron chi connectivity index (χ3n) is 3.47. The Balaban J connectivity index is 2.41. The highest BCUT2D eigenvalue weighted by Gasteiger charge is 2.16. The van der Waals surface area contributed by atoms with Crippen molar-refractivity contribution in [2.45, 2.75) is 19.9 Å². The lowest BCUT2D eigenvalue weighted by Gasteiger charge is -2.19. The van der Waals surface area contributed by atoms with Crippen molar-refractivity contribution in [3.63, 3.8) is 0 Å². The predicted octanol–water partition coefficient (Wildman–Crippen LogP) is 4.22. The Labute approximate surface area is 124 Å². The molecule has 0 fully saturated rings. The molecule has 21 heavy (non-hydrogen) atoms. The van der Waals surface area contributed by atoms with E-state index in [9.17, 15) is 4.39 Å². The van der Waals surface area contributed by atoms with Gasteiger partial charge in [-0.25, -0.2) is 4.39 Å². The highest BCUT2D eigenvalue weighted by molar-refractivity contribution is 5.48. The molecule has 2 aromatic carbocycles. The largest absolute Gasteiger partial charge is 0.496 e. The van der Waals surface area contributed by atoms with Gasteiger partial charge in [0, 0.05) is 6.04 Å². The molecule has 0 radical (unpaired) electrons. The van der Waals surface area contributed by atoms with E-state index in [-0.39, 0.29) is 11.9 Å². The molecule has 1 N–H and O–H groups in total. The van der Waals surface area contributed by atoms with E-state index in [2.05, 4.69) is 5.32 Å². The van der Waals surface area contributed by atoms with E-state index < -0.39 is 0 Å². The van der Waals surface area contributed by atoms with Gasteiger partial charge in [-0.05, 0) is 56.8 Å². The first-order valence-electron chi connectivity index (χ1n) is 6.85. The summed E-state index contributed by atoms with van der Waals surface area (Å²) in [6.07, 6.45) is 0. The lowest BCUT2D eigenvalue weighted by atomic mass is 10.1. The molecule has 0 bridgehead atoms. The summed E-state index contributed by atoms with van der Waals surface area (Å²) < 4.78 is 24.7. The molecule has 0 amide bonds. The van der Waals surface area contributed by atoms with Crippen molar-refractivity contribution in [3.05, 3.63) is 53.3 Å². The van der Waals surface area contributed by atoms with Crippen LogP contribution in [0.4, 0.5) is 4.39 Å². The Morgan fingerprint density at radius 1 is 1.14 bits per heavy atom. The zero-order valence-corrected chi connectivity index (χ0v) is 12.7. The van der Waals surface area contributed by atoms with Crippen molar-refractivity contribution in [2.75, 3.05) is 14.2 Å². The van der Waals surface area contributed by atoms with Gasteiger partial charge in [0.1, 0.15) is 23.1 Å². The van der Waals surface area contributed by atoms with Crippen LogP contribution in [0, 0.1) is 12.7 Å². The SMILES string of the molecule is CNC(C)c1c(OC)cccc1Oc1ccc(F)c(C)c1. The fourth-order valence-corrected chi connectivity index (χ4v) is 2.17. The van der Waals surface area contributed by atoms with Gasteiger partial charge < -0.3 is 14.8 Å². The minimum absolute atomic E-state index is 0.0673. The average molecular weight is 289 g/mol. The summed E-state index contributed by atoms with van der Waals surface area (Å²) in [4.78, 5) is 0. The first kappa shape index (κ1) is 15.3. The van der Waals surface area contributed by atoms with Gasteiger partial charge in [0.25, 0.3) is 0 Å². The van der Waals surface area contributed by atoms with E-state index in [0.717, 1.165) is 11.3 Å². The standard InChI is InChI=1S/C17H20FNO2/c1-11-10-13(8-9-14(11)18)21-16-7-5-6-15(20-4)17(16)12(2)19-3/h5-10,12,19H,1-4H3. The second-order valence-electron chi connectivity index (χ2n) is 4.90. The van der Waals surface area contributed by atoms with Crippen LogP contribution in [0.3, 0.4) is 0 Å². The van der Waals surface area contributed by atoms with E-state index in [4.69, 9.17) is 9.47 Å². The Kier molecular flexibility index (Phi) is 4.81. The monoisotopic (exact) mass is 289 g/mol. The predicted molar refractivity (Wildman–Crippen MR) is 81.7 cm³/mol. The summed E-state index contributed by atoms with van der Waals surface area (Å²) in [5, 5.41) is 3.18. The van der Waals surface area contributed by atoms with Crippen molar-refractivity contribution in [3.8, 4) is 17.2 Å². The smallest absolute Gasteiger partial charge is 0.135 e. The highest BCUT2D eigenvalue weighted by atomic mass is 19.1. The normalized spacial score (nSPS) is 12.0. The minimum Gasteiger partial charge on any atom is -0.496 e.